The van der Waals surface area contributed by atoms with Crippen LogP contribution in [0.4, 0.5) is 32.4 Å². The Hall–Kier alpha value is -4.02. The van der Waals surface area contributed by atoms with Crippen LogP contribution in [0.2, 0.25) is 0 Å². The van der Waals surface area contributed by atoms with E-state index in [2.05, 4.69) is 20.7 Å². The Morgan fingerprint density at radius 1 is 1.06 bits per heavy atom. The van der Waals surface area contributed by atoms with Crippen molar-refractivity contribution in [3.8, 4) is 5.75 Å². The number of hydrogen-bond acceptors (Lipinski definition) is 7. The molecule has 3 aromatic rings. The number of urea groups is 1. The van der Waals surface area contributed by atoms with Crippen LogP contribution in [-0.2, 0) is 22.6 Å². The van der Waals surface area contributed by atoms with Gasteiger partial charge in [-0.3, -0.25) is 9.59 Å². The number of halogens is 5. The number of carbonyl (C=O) groups excluding carboxylic acids is 3. The summed E-state index contributed by atoms with van der Waals surface area (Å²) >= 11 is 0.807. The molecule has 1 aliphatic heterocycles. The van der Waals surface area contributed by atoms with Gasteiger partial charge in [-0.05, 0) is 73.8 Å². The standard InChI is InChI=1S/C33H35F5N4O5S2/c1-19-9-7-8-12-21(19)17-39-28(44)27-32(2,3)48-18-42(27)29(45)26(43)24(15-20-10-5-4-6-11-20)41-31(46)40-23-16-22(49-33(36,37)38)13-14-25(23)47-30(34)35/h4-14,16,24,26-27,30,43H,15,17-18H2,1-3H3,(H,39,44)(H2,40,41,46)/t24-,26-,27+/m0/s1. The average Bonchev–Trinajstić information content (AvgIpc) is 3.35. The summed E-state index contributed by atoms with van der Waals surface area (Å²) in [5, 5.41) is 19.0. The number of ether oxygens (including phenoxy) is 1. The molecule has 4 N–H and O–H groups in total. The number of aliphatic hydroxyl groups excluding tert-OH is 1. The minimum atomic E-state index is -4.70. The summed E-state index contributed by atoms with van der Waals surface area (Å²) in [7, 11) is 0. The Morgan fingerprint density at radius 3 is 2.39 bits per heavy atom. The van der Waals surface area contributed by atoms with Crippen LogP contribution >= 0.6 is 23.5 Å². The predicted molar refractivity (Wildman–Crippen MR) is 177 cm³/mol. The normalized spacial score (nSPS) is 16.9. The molecule has 1 aliphatic rings. The Labute approximate surface area is 288 Å². The molecule has 0 aromatic heterocycles. The maximum Gasteiger partial charge on any atom is 0.446 e. The van der Waals surface area contributed by atoms with E-state index in [-0.39, 0.29) is 18.8 Å². The second kappa shape index (κ2) is 16.1. The van der Waals surface area contributed by atoms with Crippen LogP contribution in [0.25, 0.3) is 0 Å². The molecule has 0 radical (unpaired) electrons. The van der Waals surface area contributed by atoms with Gasteiger partial charge in [-0.1, -0.05) is 54.6 Å². The van der Waals surface area contributed by atoms with Crippen molar-refractivity contribution < 1.29 is 46.2 Å². The van der Waals surface area contributed by atoms with Crippen molar-refractivity contribution in [2.45, 2.75) is 73.7 Å². The zero-order valence-electron chi connectivity index (χ0n) is 26.6. The van der Waals surface area contributed by atoms with Gasteiger partial charge in [-0.2, -0.15) is 22.0 Å². The highest BCUT2D eigenvalue weighted by Gasteiger charge is 2.49. The Balaban J connectivity index is 1.56. The molecule has 9 nitrogen and oxygen atoms in total. The highest BCUT2D eigenvalue weighted by atomic mass is 32.2. The number of amides is 4. The van der Waals surface area contributed by atoms with Crippen LogP contribution in [-0.4, -0.2) is 68.8 Å². The smallest absolute Gasteiger partial charge is 0.433 e. The summed E-state index contributed by atoms with van der Waals surface area (Å²) in [5.74, 6) is -1.83. The molecule has 16 heteroatoms. The van der Waals surface area contributed by atoms with Gasteiger partial charge in [-0.25, -0.2) is 4.79 Å². The zero-order valence-corrected chi connectivity index (χ0v) is 28.2. The van der Waals surface area contributed by atoms with E-state index in [9.17, 15) is 41.4 Å². The van der Waals surface area contributed by atoms with Crippen LogP contribution in [0, 0.1) is 6.92 Å². The SMILES string of the molecule is Cc1ccccc1CNC(=O)[C@H]1N(C(=O)[C@@H](O)[C@H](Cc2ccccc2)NC(=O)Nc2cc(SC(F)(F)F)ccc2OC(F)F)CSC1(C)C. The highest BCUT2D eigenvalue weighted by Crippen LogP contribution is 2.41. The Morgan fingerprint density at radius 2 is 1.73 bits per heavy atom. The number of alkyl halides is 5. The van der Waals surface area contributed by atoms with Crippen LogP contribution in [0.3, 0.4) is 0 Å². The molecule has 1 saturated heterocycles. The van der Waals surface area contributed by atoms with E-state index >= 15 is 0 Å². The molecule has 0 bridgehead atoms. The zero-order chi connectivity index (χ0) is 35.9. The van der Waals surface area contributed by atoms with Crippen molar-refractivity contribution >= 4 is 47.1 Å². The number of aryl methyl sites for hydroxylation is 1. The third kappa shape index (κ3) is 10.5. The van der Waals surface area contributed by atoms with E-state index in [1.54, 1.807) is 44.2 Å². The molecule has 4 amide bonds. The molecule has 4 rings (SSSR count). The summed E-state index contributed by atoms with van der Waals surface area (Å²) in [4.78, 5) is 41.5. The molecule has 264 valence electrons. The summed E-state index contributed by atoms with van der Waals surface area (Å²) in [5.41, 5.74) is -2.74. The average molecular weight is 727 g/mol. The number of carbonyl (C=O) groups is 3. The van der Waals surface area contributed by atoms with Crippen molar-refractivity contribution in [2.24, 2.45) is 0 Å². The molecule has 1 fully saturated rings. The number of benzene rings is 3. The predicted octanol–water partition coefficient (Wildman–Crippen LogP) is 6.30. The molecule has 0 unspecified atom stereocenters. The molecular formula is C33H35F5N4O5S2. The number of rotatable bonds is 12. The van der Waals surface area contributed by atoms with E-state index in [0.29, 0.717) is 5.56 Å². The first-order valence-electron chi connectivity index (χ1n) is 14.9. The van der Waals surface area contributed by atoms with Gasteiger partial charge in [0.05, 0.1) is 17.6 Å². The van der Waals surface area contributed by atoms with E-state index in [1.165, 1.54) is 16.7 Å². The van der Waals surface area contributed by atoms with Gasteiger partial charge in [0.15, 0.2) is 6.10 Å². The van der Waals surface area contributed by atoms with Crippen molar-refractivity contribution in [3.05, 3.63) is 89.5 Å². The van der Waals surface area contributed by atoms with Crippen LogP contribution < -0.4 is 20.7 Å². The highest BCUT2D eigenvalue weighted by molar-refractivity contribution is 8.01. The Kier molecular flexibility index (Phi) is 12.4. The van der Waals surface area contributed by atoms with Gasteiger partial charge >= 0.3 is 18.2 Å². The Bertz CT molecular complexity index is 1630. The second-order valence-corrected chi connectivity index (χ2v) is 14.4. The first-order chi connectivity index (χ1) is 23.0. The van der Waals surface area contributed by atoms with E-state index in [0.717, 1.165) is 29.3 Å². The van der Waals surface area contributed by atoms with Crippen LogP contribution in [0.5, 0.6) is 5.75 Å². The largest absolute Gasteiger partial charge is 0.446 e. The fourth-order valence-electron chi connectivity index (χ4n) is 5.28. The van der Waals surface area contributed by atoms with E-state index in [4.69, 9.17) is 0 Å². The molecule has 3 aromatic carbocycles. The van der Waals surface area contributed by atoms with Crippen LogP contribution in [0.15, 0.2) is 77.7 Å². The first-order valence-corrected chi connectivity index (χ1v) is 16.7. The molecule has 0 spiro atoms. The van der Waals surface area contributed by atoms with Gasteiger partial charge in [0.1, 0.15) is 11.8 Å². The van der Waals surface area contributed by atoms with Gasteiger partial charge in [0, 0.05) is 16.2 Å². The lowest BCUT2D eigenvalue weighted by atomic mass is 9.97. The molecular weight excluding hydrogens is 692 g/mol. The molecule has 1 heterocycles. The van der Waals surface area contributed by atoms with Gasteiger partial charge < -0.3 is 30.7 Å². The maximum absolute atomic E-state index is 13.9. The maximum atomic E-state index is 13.9. The van der Waals surface area contributed by atoms with Gasteiger partial charge in [0.25, 0.3) is 5.91 Å². The van der Waals surface area contributed by atoms with Gasteiger partial charge in [0.2, 0.25) is 5.91 Å². The first kappa shape index (κ1) is 37.8. The lowest BCUT2D eigenvalue weighted by molar-refractivity contribution is -0.147. The number of hydrogen-bond donors (Lipinski definition) is 4. The molecule has 3 atom stereocenters. The number of aliphatic hydroxyl groups is 1. The summed E-state index contributed by atoms with van der Waals surface area (Å²) in [6.07, 6.45) is -1.98. The fraction of sp³-hybridized carbons (Fsp3) is 0.364. The van der Waals surface area contributed by atoms with Gasteiger partial charge in [-0.15, -0.1) is 11.8 Å². The third-order valence-electron chi connectivity index (χ3n) is 7.69. The summed E-state index contributed by atoms with van der Waals surface area (Å²) in [6, 6.07) is 15.1. The fourth-order valence-corrected chi connectivity index (χ4v) is 7.00. The topological polar surface area (TPSA) is 120 Å². The van der Waals surface area contributed by atoms with Crippen molar-refractivity contribution in [1.82, 2.24) is 15.5 Å². The lowest BCUT2D eigenvalue weighted by Gasteiger charge is -2.33. The second-order valence-electron chi connectivity index (χ2n) is 11.7. The summed E-state index contributed by atoms with van der Waals surface area (Å²) < 4.78 is 68.8. The lowest BCUT2D eigenvalue weighted by Crippen LogP contribution is -2.59. The molecule has 0 aliphatic carbocycles. The summed E-state index contributed by atoms with van der Waals surface area (Å²) in [6.45, 7) is 2.37. The minimum absolute atomic E-state index is 0.0631. The quantitative estimate of drug-likeness (QED) is 0.128. The number of anilines is 1. The molecule has 0 saturated carbocycles. The third-order valence-corrected chi connectivity index (χ3v) is 9.79. The van der Waals surface area contributed by atoms with Crippen LogP contribution in [0.1, 0.15) is 30.5 Å². The van der Waals surface area contributed by atoms with E-state index < -0.39 is 81.0 Å². The monoisotopic (exact) mass is 726 g/mol. The number of thioether (sulfide) groups is 2. The van der Waals surface area contributed by atoms with Crippen molar-refractivity contribution in [3.63, 3.8) is 0 Å². The number of nitrogens with zero attached hydrogens (tertiary/aromatic N) is 1. The van der Waals surface area contributed by atoms with Crippen molar-refractivity contribution in [1.29, 1.82) is 0 Å². The minimum Gasteiger partial charge on any atom is -0.433 e. The molecule has 49 heavy (non-hydrogen) atoms. The number of nitrogens with one attached hydrogen (secondary N) is 3. The van der Waals surface area contributed by atoms with E-state index in [1.807, 2.05) is 31.2 Å². The van der Waals surface area contributed by atoms with Crippen molar-refractivity contribution in [2.75, 3.05) is 11.2 Å².